The summed E-state index contributed by atoms with van der Waals surface area (Å²) in [6, 6.07) is 8.90. The first-order valence-corrected chi connectivity index (χ1v) is 15.4. The molecule has 0 bridgehead atoms. The second-order valence-corrected chi connectivity index (χ2v) is 11.9. The lowest BCUT2D eigenvalue weighted by Crippen LogP contribution is -2.49. The van der Waals surface area contributed by atoms with Crippen LogP contribution >= 0.6 is 0 Å². The van der Waals surface area contributed by atoms with E-state index in [9.17, 15) is 35.5 Å². The molecule has 252 valence electrons. The van der Waals surface area contributed by atoms with E-state index >= 15 is 0 Å². The number of hydrogen-bond acceptors (Lipinski definition) is 6. The maximum absolute atomic E-state index is 14.2. The molecule has 0 radical (unpaired) electrons. The minimum absolute atomic E-state index is 0.00582. The summed E-state index contributed by atoms with van der Waals surface area (Å²) in [5, 5.41) is 0. The summed E-state index contributed by atoms with van der Waals surface area (Å²) in [7, 11) is 0. The number of alkyl halides is 6. The Balaban J connectivity index is 1.35. The van der Waals surface area contributed by atoms with Gasteiger partial charge in [-0.05, 0) is 66.8 Å². The van der Waals surface area contributed by atoms with Crippen LogP contribution in [0, 0.1) is 5.82 Å². The van der Waals surface area contributed by atoms with Crippen molar-refractivity contribution in [2.24, 2.45) is 0 Å². The number of halogens is 7. The van der Waals surface area contributed by atoms with Gasteiger partial charge in [0.05, 0.1) is 30.9 Å². The van der Waals surface area contributed by atoms with Crippen molar-refractivity contribution in [2.75, 3.05) is 57.4 Å². The van der Waals surface area contributed by atoms with Crippen LogP contribution in [0.3, 0.4) is 0 Å². The van der Waals surface area contributed by atoms with E-state index in [1.807, 2.05) is 0 Å². The number of benzene rings is 2. The quantitative estimate of drug-likeness (QED) is 0.285. The Bertz CT molecular complexity index is 1550. The number of piperidine rings is 1. The minimum Gasteiger partial charge on any atom is -0.477 e. The summed E-state index contributed by atoms with van der Waals surface area (Å²) in [6.45, 7) is 4.14. The van der Waals surface area contributed by atoms with Gasteiger partial charge in [0.2, 0.25) is 5.88 Å². The zero-order valence-corrected chi connectivity index (χ0v) is 25.3. The lowest BCUT2D eigenvalue weighted by Gasteiger charge is -2.40. The van der Waals surface area contributed by atoms with Crippen LogP contribution < -0.4 is 9.64 Å². The number of aromatic nitrogens is 1. The lowest BCUT2D eigenvalue weighted by atomic mass is 9.97. The molecular formula is C33H33F7N4O3. The van der Waals surface area contributed by atoms with Crippen molar-refractivity contribution < 1.29 is 45.0 Å². The summed E-state index contributed by atoms with van der Waals surface area (Å²) in [6.07, 6.45) is -8.02. The number of ether oxygens (including phenoxy) is 2. The highest BCUT2D eigenvalue weighted by Crippen LogP contribution is 2.39. The summed E-state index contributed by atoms with van der Waals surface area (Å²) in [4.78, 5) is 24.6. The molecule has 7 nitrogen and oxygen atoms in total. The van der Waals surface area contributed by atoms with Gasteiger partial charge in [-0.15, -0.1) is 0 Å². The fourth-order valence-corrected chi connectivity index (χ4v) is 6.41. The van der Waals surface area contributed by atoms with Crippen LogP contribution in [0.25, 0.3) is 11.1 Å². The molecule has 0 unspecified atom stereocenters. The van der Waals surface area contributed by atoms with Gasteiger partial charge < -0.3 is 19.3 Å². The van der Waals surface area contributed by atoms with Crippen LogP contribution in [-0.2, 0) is 23.6 Å². The second-order valence-electron chi connectivity index (χ2n) is 11.9. The number of carbonyl (C=O) groups is 1. The van der Waals surface area contributed by atoms with Gasteiger partial charge in [0.15, 0.2) is 0 Å². The second kappa shape index (κ2) is 13.3. The molecule has 3 aromatic rings. The Labute approximate surface area is 266 Å². The third kappa shape index (κ3) is 7.48. The molecule has 14 heteroatoms. The van der Waals surface area contributed by atoms with Crippen molar-refractivity contribution >= 4 is 11.7 Å². The third-order valence-electron chi connectivity index (χ3n) is 8.81. The Morgan fingerprint density at radius 2 is 1.45 bits per heavy atom. The average Bonchev–Trinajstić information content (AvgIpc) is 3.04. The summed E-state index contributed by atoms with van der Waals surface area (Å²) in [5.74, 6) is -0.608. The molecule has 2 fully saturated rings. The van der Waals surface area contributed by atoms with Crippen LogP contribution in [0.4, 0.5) is 36.6 Å². The Kier molecular flexibility index (Phi) is 9.34. The van der Waals surface area contributed by atoms with E-state index < -0.39 is 41.7 Å². The maximum atomic E-state index is 14.2. The molecule has 4 heterocycles. The monoisotopic (exact) mass is 666 g/mol. The van der Waals surface area contributed by atoms with Crippen molar-refractivity contribution in [3.63, 3.8) is 0 Å². The topological polar surface area (TPSA) is 58.1 Å². The number of carbonyl (C=O) groups excluding carboxylic acids is 1. The highest BCUT2D eigenvalue weighted by atomic mass is 19.4. The van der Waals surface area contributed by atoms with Crippen molar-refractivity contribution in [2.45, 2.75) is 44.2 Å². The molecule has 1 aromatic heterocycles. The molecule has 2 aromatic carbocycles. The first-order chi connectivity index (χ1) is 22.4. The molecule has 47 heavy (non-hydrogen) atoms. The molecule has 3 aliphatic rings. The highest BCUT2D eigenvalue weighted by molar-refractivity contribution is 6.03. The van der Waals surface area contributed by atoms with Crippen LogP contribution in [-0.4, -0.2) is 79.3 Å². The number of nitrogens with zero attached hydrogens (tertiary/aromatic N) is 4. The van der Waals surface area contributed by atoms with Crippen molar-refractivity contribution in [3.8, 4) is 17.0 Å². The van der Waals surface area contributed by atoms with E-state index in [0.717, 1.165) is 25.9 Å². The van der Waals surface area contributed by atoms with Gasteiger partial charge in [-0.2, -0.15) is 31.3 Å². The number of morpholine rings is 1. The Morgan fingerprint density at radius 1 is 0.809 bits per heavy atom. The van der Waals surface area contributed by atoms with Gasteiger partial charge in [0.1, 0.15) is 17.2 Å². The van der Waals surface area contributed by atoms with Crippen molar-refractivity contribution in [1.29, 1.82) is 0 Å². The molecule has 0 atom stereocenters. The van der Waals surface area contributed by atoms with Gasteiger partial charge in [-0.1, -0.05) is 12.1 Å². The fraction of sp³-hybridized carbons (Fsp3) is 0.455. The minimum atomic E-state index is -5.02. The maximum Gasteiger partial charge on any atom is 0.416 e. The standard InChI is InChI=1S/C33H33F7N4O3/c34-25-4-2-22(3-5-25)27-19-28(43-9-6-26(7-10-43)42-11-14-46-15-12-42)41-30-29(27)31(45)44(8-1-13-47-30)20-21-16-23(32(35,36)37)18-24(17-21)33(38,39)40/h2-5,16-19,26H,1,6-15,20H2. The first kappa shape index (κ1) is 33.0. The number of amides is 1. The van der Waals surface area contributed by atoms with Crippen molar-refractivity contribution in [3.05, 3.63) is 76.6 Å². The van der Waals surface area contributed by atoms with Gasteiger partial charge >= 0.3 is 12.4 Å². The number of pyridine rings is 1. The summed E-state index contributed by atoms with van der Waals surface area (Å²) < 4.78 is 107. The van der Waals surface area contributed by atoms with Crippen molar-refractivity contribution in [1.82, 2.24) is 14.8 Å². The SMILES string of the molecule is O=C1c2c(-c3ccc(F)cc3)cc(N3CCC(N4CCOCC4)CC3)nc2OCCCN1Cc1cc(C(F)(F)F)cc(C(F)(F)F)c1. The van der Waals surface area contributed by atoms with Crippen LogP contribution in [0.1, 0.15) is 46.3 Å². The van der Waals surface area contributed by atoms with E-state index in [2.05, 4.69) is 9.80 Å². The molecule has 2 saturated heterocycles. The molecule has 0 saturated carbocycles. The number of rotatable bonds is 5. The van der Waals surface area contributed by atoms with Crippen LogP contribution in [0.5, 0.6) is 5.88 Å². The zero-order valence-electron chi connectivity index (χ0n) is 25.3. The molecular weight excluding hydrogens is 633 g/mol. The zero-order chi connectivity index (χ0) is 33.3. The number of fused-ring (bicyclic) bond motifs is 1. The predicted octanol–water partition coefficient (Wildman–Crippen LogP) is 6.65. The third-order valence-corrected chi connectivity index (χ3v) is 8.81. The molecule has 1 amide bonds. The molecule has 3 aliphatic heterocycles. The summed E-state index contributed by atoms with van der Waals surface area (Å²) in [5.41, 5.74) is -2.38. The van der Waals surface area contributed by atoms with Gasteiger partial charge in [0, 0.05) is 50.9 Å². The predicted molar refractivity (Wildman–Crippen MR) is 159 cm³/mol. The first-order valence-electron chi connectivity index (χ1n) is 15.4. The van der Waals surface area contributed by atoms with Crippen LogP contribution in [0.2, 0.25) is 0 Å². The Morgan fingerprint density at radius 3 is 2.06 bits per heavy atom. The van der Waals surface area contributed by atoms with E-state index in [0.29, 0.717) is 61.4 Å². The van der Waals surface area contributed by atoms with Gasteiger partial charge in [0.25, 0.3) is 5.91 Å². The van der Waals surface area contributed by atoms with Gasteiger partial charge in [-0.25, -0.2) is 4.39 Å². The summed E-state index contributed by atoms with van der Waals surface area (Å²) >= 11 is 0. The molecule has 6 rings (SSSR count). The number of anilines is 1. The van der Waals surface area contributed by atoms with E-state index in [4.69, 9.17) is 14.5 Å². The van der Waals surface area contributed by atoms with E-state index in [1.54, 1.807) is 6.07 Å². The largest absolute Gasteiger partial charge is 0.477 e. The molecule has 0 aliphatic carbocycles. The smallest absolute Gasteiger partial charge is 0.416 e. The fourth-order valence-electron chi connectivity index (χ4n) is 6.41. The Hall–Kier alpha value is -3.91. The highest BCUT2D eigenvalue weighted by Gasteiger charge is 2.38. The molecule has 0 N–H and O–H groups in total. The molecule has 0 spiro atoms. The number of hydrogen-bond donors (Lipinski definition) is 0. The van der Waals surface area contributed by atoms with Crippen LogP contribution in [0.15, 0.2) is 48.5 Å². The normalized spacial score (nSPS) is 18.8. The van der Waals surface area contributed by atoms with E-state index in [-0.39, 0.29) is 42.6 Å². The van der Waals surface area contributed by atoms with E-state index in [1.165, 1.54) is 29.2 Å². The lowest BCUT2D eigenvalue weighted by molar-refractivity contribution is -0.143. The average molecular weight is 667 g/mol. The van der Waals surface area contributed by atoms with Gasteiger partial charge in [-0.3, -0.25) is 9.69 Å².